The molecule has 9 heteroatoms. The molecular formula is C22H22N2O6S. The van der Waals surface area contributed by atoms with Crippen LogP contribution in [0.1, 0.15) is 22.5 Å². The van der Waals surface area contributed by atoms with Gasteiger partial charge in [-0.15, -0.1) is 0 Å². The molecule has 4 rings (SSSR count). The number of sulfonamides is 1. The molecule has 31 heavy (non-hydrogen) atoms. The number of hydrogen-bond acceptors (Lipinski definition) is 6. The lowest BCUT2D eigenvalue weighted by molar-refractivity contribution is 0.0958. The van der Waals surface area contributed by atoms with E-state index < -0.39 is 10.0 Å². The number of methoxy groups -OCH3 is 2. The van der Waals surface area contributed by atoms with Crippen molar-refractivity contribution in [1.29, 1.82) is 0 Å². The average molecular weight is 442 g/mol. The molecule has 0 bridgehead atoms. The Kier molecular flexibility index (Phi) is 5.60. The molecule has 3 aromatic rings. The smallest absolute Gasteiger partial charge is 0.293 e. The highest BCUT2D eigenvalue weighted by atomic mass is 32.2. The summed E-state index contributed by atoms with van der Waals surface area (Å²) in [4.78, 5) is 14.4. The fraction of sp³-hybridized carbons (Fsp3) is 0.227. The minimum absolute atomic E-state index is 0.00291. The SMILES string of the molecule is COc1ccc(S(=O)(=O)Nc2ccc3c(c2)CCCN3C(=O)c2ccco2)c(OC)c1. The second kappa shape index (κ2) is 8.35. The molecule has 0 fully saturated rings. The molecule has 0 saturated heterocycles. The van der Waals surface area contributed by atoms with E-state index in [1.807, 2.05) is 0 Å². The number of anilines is 2. The Hall–Kier alpha value is -3.46. The van der Waals surface area contributed by atoms with E-state index >= 15 is 0 Å². The molecule has 0 radical (unpaired) electrons. The van der Waals surface area contributed by atoms with Crippen LogP contribution in [0, 0.1) is 0 Å². The van der Waals surface area contributed by atoms with Crippen LogP contribution in [0.4, 0.5) is 11.4 Å². The Morgan fingerprint density at radius 3 is 2.65 bits per heavy atom. The van der Waals surface area contributed by atoms with Crippen LogP contribution < -0.4 is 19.1 Å². The number of fused-ring (bicyclic) bond motifs is 1. The normalized spacial score (nSPS) is 13.4. The minimum atomic E-state index is -3.90. The first-order chi connectivity index (χ1) is 14.9. The maximum atomic E-state index is 13.0. The van der Waals surface area contributed by atoms with Crippen molar-refractivity contribution in [1.82, 2.24) is 0 Å². The zero-order valence-corrected chi connectivity index (χ0v) is 17.9. The fourth-order valence-electron chi connectivity index (χ4n) is 3.61. The number of benzene rings is 2. The van der Waals surface area contributed by atoms with Gasteiger partial charge in [-0.25, -0.2) is 8.42 Å². The van der Waals surface area contributed by atoms with Gasteiger partial charge in [-0.1, -0.05) is 0 Å². The molecule has 1 aliphatic heterocycles. The summed E-state index contributed by atoms with van der Waals surface area (Å²) in [6.45, 7) is 0.570. The number of rotatable bonds is 6. The van der Waals surface area contributed by atoms with Crippen LogP contribution in [0.15, 0.2) is 64.1 Å². The van der Waals surface area contributed by atoms with Crippen LogP contribution in [0.25, 0.3) is 0 Å². The summed E-state index contributed by atoms with van der Waals surface area (Å²) in [5, 5.41) is 0. The van der Waals surface area contributed by atoms with Crippen LogP contribution in [0.5, 0.6) is 11.5 Å². The van der Waals surface area contributed by atoms with Crippen LogP contribution in [-0.4, -0.2) is 35.1 Å². The van der Waals surface area contributed by atoms with Crippen molar-refractivity contribution in [2.75, 3.05) is 30.4 Å². The number of furan rings is 1. The zero-order valence-electron chi connectivity index (χ0n) is 17.1. The van der Waals surface area contributed by atoms with Crippen LogP contribution in [0.2, 0.25) is 0 Å². The lowest BCUT2D eigenvalue weighted by Crippen LogP contribution is -2.35. The van der Waals surface area contributed by atoms with E-state index in [1.165, 1.54) is 32.6 Å². The van der Waals surface area contributed by atoms with Gasteiger partial charge in [-0.2, -0.15) is 0 Å². The molecule has 0 aliphatic carbocycles. The average Bonchev–Trinajstić information content (AvgIpc) is 3.32. The minimum Gasteiger partial charge on any atom is -0.497 e. The number of ether oxygens (including phenoxy) is 2. The molecule has 2 heterocycles. The number of hydrogen-bond donors (Lipinski definition) is 1. The van der Waals surface area contributed by atoms with E-state index in [4.69, 9.17) is 13.9 Å². The van der Waals surface area contributed by atoms with Crippen molar-refractivity contribution in [3.05, 3.63) is 66.1 Å². The summed E-state index contributed by atoms with van der Waals surface area (Å²) in [5.41, 5.74) is 2.04. The molecule has 0 saturated carbocycles. The second-order valence-electron chi connectivity index (χ2n) is 7.00. The van der Waals surface area contributed by atoms with Crippen LogP contribution in [0.3, 0.4) is 0 Å². The van der Waals surface area contributed by atoms with Crippen molar-refractivity contribution in [3.8, 4) is 11.5 Å². The highest BCUT2D eigenvalue weighted by molar-refractivity contribution is 7.92. The van der Waals surface area contributed by atoms with Gasteiger partial charge in [-0.05, 0) is 60.9 Å². The number of carbonyl (C=O) groups is 1. The first-order valence-corrected chi connectivity index (χ1v) is 11.1. The van der Waals surface area contributed by atoms with Crippen molar-refractivity contribution in [2.24, 2.45) is 0 Å². The molecule has 1 N–H and O–H groups in total. The van der Waals surface area contributed by atoms with Gasteiger partial charge >= 0.3 is 0 Å². The van der Waals surface area contributed by atoms with Gasteiger partial charge in [0.05, 0.1) is 20.5 Å². The van der Waals surface area contributed by atoms with Crippen LogP contribution in [-0.2, 0) is 16.4 Å². The molecule has 0 atom stereocenters. The summed E-state index contributed by atoms with van der Waals surface area (Å²) in [6, 6.07) is 12.9. The van der Waals surface area contributed by atoms with Crippen molar-refractivity contribution in [2.45, 2.75) is 17.7 Å². The third kappa shape index (κ3) is 4.09. The Bertz CT molecular complexity index is 1200. The Labute approximate surface area is 180 Å². The zero-order chi connectivity index (χ0) is 22.0. The lowest BCUT2D eigenvalue weighted by atomic mass is 10.0. The summed E-state index contributed by atoms with van der Waals surface area (Å²) < 4.78 is 44.1. The van der Waals surface area contributed by atoms with Crippen molar-refractivity contribution in [3.63, 3.8) is 0 Å². The van der Waals surface area contributed by atoms with E-state index in [-0.39, 0.29) is 22.3 Å². The topological polar surface area (TPSA) is 98.1 Å². The van der Waals surface area contributed by atoms with Crippen molar-refractivity contribution >= 4 is 27.3 Å². The summed E-state index contributed by atoms with van der Waals surface area (Å²) >= 11 is 0. The summed E-state index contributed by atoms with van der Waals surface area (Å²) in [6.07, 6.45) is 2.96. The van der Waals surface area contributed by atoms with Gasteiger partial charge in [0.15, 0.2) is 5.76 Å². The first-order valence-electron chi connectivity index (χ1n) is 9.66. The largest absolute Gasteiger partial charge is 0.497 e. The standard InChI is InChI=1S/C22H22N2O6S/c1-28-17-8-10-21(20(14-17)29-2)31(26,27)23-16-7-9-18-15(13-16)5-3-11-24(18)22(25)19-6-4-12-30-19/h4,6-10,12-14,23H,3,5,11H2,1-2H3. The lowest BCUT2D eigenvalue weighted by Gasteiger charge is -2.29. The predicted octanol–water partition coefficient (Wildman–Crippen LogP) is 3.69. The summed E-state index contributed by atoms with van der Waals surface area (Å²) in [7, 11) is -1.00. The highest BCUT2D eigenvalue weighted by Crippen LogP contribution is 2.33. The van der Waals surface area contributed by atoms with Gasteiger partial charge in [0.25, 0.3) is 15.9 Å². The van der Waals surface area contributed by atoms with Gasteiger partial charge in [0, 0.05) is 24.0 Å². The monoisotopic (exact) mass is 442 g/mol. The Morgan fingerprint density at radius 2 is 1.94 bits per heavy atom. The molecular weight excluding hydrogens is 420 g/mol. The molecule has 0 unspecified atom stereocenters. The van der Waals surface area contributed by atoms with Gasteiger partial charge in [-0.3, -0.25) is 9.52 Å². The van der Waals surface area contributed by atoms with E-state index in [2.05, 4.69) is 4.72 Å². The highest BCUT2D eigenvalue weighted by Gasteiger charge is 2.26. The van der Waals surface area contributed by atoms with E-state index in [0.717, 1.165) is 24.1 Å². The molecule has 1 amide bonds. The maximum Gasteiger partial charge on any atom is 0.293 e. The number of carbonyl (C=O) groups excluding carboxylic acids is 1. The number of aryl methyl sites for hydroxylation is 1. The van der Waals surface area contributed by atoms with Crippen LogP contribution >= 0.6 is 0 Å². The van der Waals surface area contributed by atoms with Gasteiger partial charge in [0.1, 0.15) is 16.4 Å². The van der Waals surface area contributed by atoms with E-state index in [0.29, 0.717) is 18.0 Å². The molecule has 8 nitrogen and oxygen atoms in total. The molecule has 0 spiro atoms. The molecule has 2 aromatic carbocycles. The van der Waals surface area contributed by atoms with Crippen molar-refractivity contribution < 1.29 is 27.1 Å². The van der Waals surface area contributed by atoms with E-state index in [1.54, 1.807) is 41.3 Å². The molecule has 162 valence electrons. The van der Waals surface area contributed by atoms with Gasteiger partial charge in [0.2, 0.25) is 0 Å². The number of nitrogens with one attached hydrogen (secondary N) is 1. The number of amides is 1. The maximum absolute atomic E-state index is 13.0. The third-order valence-electron chi connectivity index (χ3n) is 5.09. The third-order valence-corrected chi connectivity index (χ3v) is 6.51. The first kappa shape index (κ1) is 20.8. The van der Waals surface area contributed by atoms with Gasteiger partial charge < -0.3 is 18.8 Å². The fourth-order valence-corrected chi connectivity index (χ4v) is 4.81. The Morgan fingerprint density at radius 1 is 1.10 bits per heavy atom. The second-order valence-corrected chi connectivity index (χ2v) is 8.65. The Balaban J connectivity index is 1.62. The number of nitrogens with zero attached hydrogens (tertiary/aromatic N) is 1. The molecule has 1 aliphatic rings. The molecule has 1 aromatic heterocycles. The predicted molar refractivity (Wildman–Crippen MR) is 116 cm³/mol. The summed E-state index contributed by atoms with van der Waals surface area (Å²) in [5.74, 6) is 0.720. The van der Waals surface area contributed by atoms with E-state index in [9.17, 15) is 13.2 Å². The quantitative estimate of drug-likeness (QED) is 0.625.